The van der Waals surface area contributed by atoms with Crippen molar-refractivity contribution in [1.29, 1.82) is 5.26 Å². The van der Waals surface area contributed by atoms with E-state index in [1.165, 1.54) is 26.4 Å². The van der Waals surface area contributed by atoms with Crippen molar-refractivity contribution < 1.29 is 34.0 Å². The van der Waals surface area contributed by atoms with Crippen LogP contribution in [0.4, 0.5) is 5.69 Å². The van der Waals surface area contributed by atoms with Crippen LogP contribution >= 0.6 is 0 Å². The normalized spacial score (nSPS) is 11.1. The highest BCUT2D eigenvalue weighted by Crippen LogP contribution is 2.36. The molecule has 9 nitrogen and oxygen atoms in total. The van der Waals surface area contributed by atoms with Crippen molar-refractivity contribution >= 4 is 17.6 Å². The molecule has 0 aliphatic heterocycles. The summed E-state index contributed by atoms with van der Waals surface area (Å²) < 4.78 is 15.5. The van der Waals surface area contributed by atoms with Gasteiger partial charge in [0.25, 0.3) is 0 Å². The number of aromatic carboxylic acids is 1. The minimum absolute atomic E-state index is 0.0936. The monoisotopic (exact) mass is 400 g/mol. The van der Waals surface area contributed by atoms with Gasteiger partial charge in [0.2, 0.25) is 0 Å². The molecule has 2 aromatic rings. The van der Waals surface area contributed by atoms with Crippen molar-refractivity contribution in [1.82, 2.24) is 0 Å². The van der Waals surface area contributed by atoms with E-state index in [0.717, 1.165) is 0 Å². The van der Waals surface area contributed by atoms with Crippen molar-refractivity contribution in [3.8, 4) is 17.6 Å². The highest BCUT2D eigenvalue weighted by atomic mass is 16.5. The number of nitrogens with zero attached hydrogens (tertiary/aromatic N) is 1. The number of nitrogens with one attached hydrogen (secondary N) is 1. The van der Waals surface area contributed by atoms with E-state index in [2.05, 4.69) is 5.32 Å². The van der Waals surface area contributed by atoms with Gasteiger partial charge < -0.3 is 29.7 Å². The highest BCUT2D eigenvalue weighted by molar-refractivity contribution is 5.93. The van der Waals surface area contributed by atoms with Gasteiger partial charge >= 0.3 is 11.9 Å². The van der Waals surface area contributed by atoms with E-state index in [1.807, 2.05) is 6.07 Å². The number of hydrogen-bond acceptors (Lipinski definition) is 8. The van der Waals surface area contributed by atoms with Gasteiger partial charge in [-0.25, -0.2) is 9.59 Å². The van der Waals surface area contributed by atoms with Crippen LogP contribution in [-0.2, 0) is 9.53 Å². The molecule has 2 rings (SSSR count). The number of benzene rings is 2. The Morgan fingerprint density at radius 1 is 1.21 bits per heavy atom. The van der Waals surface area contributed by atoms with Crippen LogP contribution in [0, 0.1) is 11.3 Å². The number of hydrogen-bond donors (Lipinski definition) is 3. The number of anilines is 1. The summed E-state index contributed by atoms with van der Waals surface area (Å²) in [5.74, 6) is -1.89. The number of carbonyl (C=O) groups excluding carboxylic acids is 1. The first kappa shape index (κ1) is 21.5. The minimum Gasteiger partial charge on any atom is -0.497 e. The van der Waals surface area contributed by atoms with E-state index in [0.29, 0.717) is 11.3 Å². The summed E-state index contributed by atoms with van der Waals surface area (Å²) >= 11 is 0. The van der Waals surface area contributed by atoms with Gasteiger partial charge in [0.15, 0.2) is 6.04 Å². The predicted molar refractivity (Wildman–Crippen MR) is 102 cm³/mol. The van der Waals surface area contributed by atoms with Gasteiger partial charge in [-0.15, -0.1) is 0 Å². The molecule has 0 saturated carbocycles. The zero-order valence-electron chi connectivity index (χ0n) is 15.8. The van der Waals surface area contributed by atoms with Gasteiger partial charge in [0.05, 0.1) is 32.5 Å². The maximum atomic E-state index is 12.5. The number of esters is 1. The lowest BCUT2D eigenvalue weighted by Crippen LogP contribution is -2.24. The Morgan fingerprint density at radius 3 is 2.41 bits per heavy atom. The molecule has 9 heteroatoms. The quantitative estimate of drug-likeness (QED) is 0.539. The van der Waals surface area contributed by atoms with Crippen LogP contribution in [0.5, 0.6) is 11.5 Å². The second-order valence-electron chi connectivity index (χ2n) is 5.76. The Labute approximate surface area is 167 Å². The molecule has 0 fully saturated rings. The first-order chi connectivity index (χ1) is 13.9. The Balaban J connectivity index is 2.60. The number of aliphatic hydroxyl groups is 1. The fourth-order valence-corrected chi connectivity index (χ4v) is 2.61. The van der Waals surface area contributed by atoms with Gasteiger partial charge in [-0.05, 0) is 36.4 Å². The Morgan fingerprint density at radius 2 is 1.90 bits per heavy atom. The number of carboxylic acid groups (broad SMARTS) is 1. The average Bonchev–Trinajstić information content (AvgIpc) is 2.75. The second-order valence-corrected chi connectivity index (χ2v) is 5.76. The predicted octanol–water partition coefficient (Wildman–Crippen LogP) is 1.96. The molecule has 0 aliphatic rings. The third-order valence-corrected chi connectivity index (χ3v) is 3.97. The fourth-order valence-electron chi connectivity index (χ4n) is 2.61. The van der Waals surface area contributed by atoms with Crippen molar-refractivity contribution in [2.75, 3.05) is 32.8 Å². The number of ether oxygens (including phenoxy) is 3. The van der Waals surface area contributed by atoms with E-state index >= 15 is 0 Å². The lowest BCUT2D eigenvalue weighted by atomic mass is 10.0. The number of methoxy groups -OCH3 is 2. The molecule has 0 bridgehead atoms. The molecule has 0 saturated heterocycles. The summed E-state index contributed by atoms with van der Waals surface area (Å²) in [6, 6.07) is 9.89. The first-order valence-corrected chi connectivity index (χ1v) is 8.48. The van der Waals surface area contributed by atoms with Crippen molar-refractivity contribution in [2.45, 2.75) is 6.04 Å². The molecular formula is C20H20N2O7. The maximum absolute atomic E-state index is 12.5. The molecule has 0 heterocycles. The van der Waals surface area contributed by atoms with Crippen LogP contribution < -0.4 is 14.8 Å². The Bertz CT molecular complexity index is 920. The van der Waals surface area contributed by atoms with Crippen LogP contribution in [0.15, 0.2) is 36.4 Å². The lowest BCUT2D eigenvalue weighted by molar-refractivity contribution is -0.141. The van der Waals surface area contributed by atoms with E-state index in [9.17, 15) is 14.7 Å². The number of carbonyl (C=O) groups is 2. The smallest absolute Gasteiger partial charge is 0.339 e. The molecular weight excluding hydrogens is 380 g/mol. The van der Waals surface area contributed by atoms with Gasteiger partial charge in [-0.3, -0.25) is 0 Å². The van der Waals surface area contributed by atoms with Gasteiger partial charge in [-0.2, -0.15) is 5.26 Å². The van der Waals surface area contributed by atoms with Crippen molar-refractivity contribution in [3.05, 3.63) is 53.1 Å². The van der Waals surface area contributed by atoms with Crippen LogP contribution in [0.1, 0.15) is 27.5 Å². The van der Waals surface area contributed by atoms with Crippen LogP contribution in [-0.4, -0.2) is 49.6 Å². The van der Waals surface area contributed by atoms with Crippen LogP contribution in [0.25, 0.3) is 0 Å². The lowest BCUT2D eigenvalue weighted by Gasteiger charge is -2.23. The zero-order chi connectivity index (χ0) is 21.4. The number of rotatable bonds is 9. The number of aliphatic hydroxyl groups excluding tert-OH is 1. The van der Waals surface area contributed by atoms with Crippen LogP contribution in [0.2, 0.25) is 0 Å². The SMILES string of the molecule is COC(=O)C(Nc1ccc(C#N)cc1)c1cc(OC)cc(C(=O)O)c1OCCO. The topological polar surface area (TPSA) is 138 Å². The molecule has 0 amide bonds. The third-order valence-electron chi connectivity index (χ3n) is 3.97. The molecule has 3 N–H and O–H groups in total. The van der Waals surface area contributed by atoms with Crippen LogP contribution in [0.3, 0.4) is 0 Å². The average molecular weight is 400 g/mol. The van der Waals surface area contributed by atoms with Gasteiger partial charge in [-0.1, -0.05) is 0 Å². The zero-order valence-corrected chi connectivity index (χ0v) is 15.8. The number of carboxylic acids is 1. The molecule has 2 aromatic carbocycles. The molecule has 0 aliphatic carbocycles. The molecule has 0 radical (unpaired) electrons. The Hall–Kier alpha value is -3.77. The van der Waals surface area contributed by atoms with E-state index in [4.69, 9.17) is 24.6 Å². The largest absolute Gasteiger partial charge is 0.497 e. The second kappa shape index (κ2) is 9.96. The Kier molecular flexibility index (Phi) is 7.40. The van der Waals surface area contributed by atoms with Gasteiger partial charge in [0.1, 0.15) is 23.7 Å². The highest BCUT2D eigenvalue weighted by Gasteiger charge is 2.29. The maximum Gasteiger partial charge on any atom is 0.339 e. The molecule has 1 unspecified atom stereocenters. The molecule has 1 atom stereocenters. The fraction of sp³-hybridized carbons (Fsp3) is 0.250. The molecule has 0 spiro atoms. The summed E-state index contributed by atoms with van der Waals surface area (Å²) in [6.45, 7) is -0.527. The minimum atomic E-state index is -1.29. The molecule has 152 valence electrons. The first-order valence-electron chi connectivity index (χ1n) is 8.48. The third kappa shape index (κ3) is 5.15. The standard InChI is InChI=1S/C20H20N2O7/c1-27-14-9-15(18(29-8-7-23)16(10-14)19(24)25)17(20(26)28-2)22-13-5-3-12(11-21)4-6-13/h3-6,9-10,17,22-23H,7-8H2,1-2H3,(H,24,25). The van der Waals surface area contributed by atoms with E-state index in [-0.39, 0.29) is 35.8 Å². The van der Waals surface area contributed by atoms with Gasteiger partial charge in [0, 0.05) is 11.3 Å². The molecule has 29 heavy (non-hydrogen) atoms. The number of nitriles is 1. The summed E-state index contributed by atoms with van der Waals surface area (Å²) in [7, 11) is 2.56. The molecule has 0 aromatic heterocycles. The van der Waals surface area contributed by atoms with E-state index in [1.54, 1.807) is 24.3 Å². The summed E-state index contributed by atoms with van der Waals surface area (Å²) in [5.41, 5.74) is 0.855. The van der Waals surface area contributed by atoms with Crippen molar-refractivity contribution in [2.24, 2.45) is 0 Å². The van der Waals surface area contributed by atoms with Crippen molar-refractivity contribution in [3.63, 3.8) is 0 Å². The summed E-state index contributed by atoms with van der Waals surface area (Å²) in [4.78, 5) is 24.2. The summed E-state index contributed by atoms with van der Waals surface area (Å²) in [5, 5.41) is 30.5. The van der Waals surface area contributed by atoms with E-state index < -0.39 is 18.0 Å². The summed E-state index contributed by atoms with van der Waals surface area (Å²) in [6.07, 6.45) is 0.